The number of nitrogens with zero attached hydrogens (tertiary/aromatic N) is 2. The zero-order chi connectivity index (χ0) is 25.6. The number of carbonyl (C=O) groups excluding carboxylic acids is 2. The van der Waals surface area contributed by atoms with Crippen molar-refractivity contribution in [3.8, 4) is 11.5 Å². The molecule has 7 nitrogen and oxygen atoms in total. The summed E-state index contributed by atoms with van der Waals surface area (Å²) in [5.41, 5.74) is 1.41. The zero-order valence-electron chi connectivity index (χ0n) is 19.0. The highest BCUT2D eigenvalue weighted by Gasteiger charge is 2.48. The van der Waals surface area contributed by atoms with Crippen LogP contribution in [-0.2, 0) is 9.59 Å². The molecular formula is C26H18Cl2N2O5S. The smallest absolute Gasteiger partial charge is 0.301 e. The number of fused-ring (bicyclic) bond motifs is 1. The van der Waals surface area contributed by atoms with Crippen molar-refractivity contribution in [2.45, 2.75) is 6.04 Å². The fourth-order valence-electron chi connectivity index (χ4n) is 4.05. The Labute approximate surface area is 220 Å². The monoisotopic (exact) mass is 540 g/mol. The second-order valence-corrected chi connectivity index (χ2v) is 9.72. The van der Waals surface area contributed by atoms with Crippen molar-refractivity contribution >= 4 is 67.3 Å². The van der Waals surface area contributed by atoms with E-state index in [1.54, 1.807) is 67.8 Å². The number of aliphatic hydroxyl groups is 1. The maximum atomic E-state index is 13.4. The molecule has 0 radical (unpaired) electrons. The van der Waals surface area contributed by atoms with E-state index in [1.165, 1.54) is 23.3 Å². The van der Waals surface area contributed by atoms with Crippen molar-refractivity contribution in [3.05, 3.63) is 87.4 Å². The lowest BCUT2D eigenvalue weighted by molar-refractivity contribution is -0.132. The van der Waals surface area contributed by atoms with E-state index in [4.69, 9.17) is 32.7 Å². The number of amides is 1. The van der Waals surface area contributed by atoms with E-state index in [0.717, 1.165) is 4.70 Å². The minimum Gasteiger partial charge on any atom is -0.507 e. The molecule has 1 N–H and O–H groups in total. The molecule has 1 fully saturated rings. The Kier molecular flexibility index (Phi) is 6.34. The standard InChI is InChI=1S/C26H18Cl2N2O5S/c1-34-15-6-3-13(4-7-15)23(31)21-22(14-5-9-17(27)18(28)11-14)30(25(33)24(21)32)26-29-19-10-8-16(35-2)12-20(19)36-26/h3-12,22,31H,1-2H3/b23-21+/t22-/m0/s1. The summed E-state index contributed by atoms with van der Waals surface area (Å²) >= 11 is 13.7. The second kappa shape index (κ2) is 9.46. The molecule has 1 aliphatic heterocycles. The van der Waals surface area contributed by atoms with Crippen LogP contribution in [0.2, 0.25) is 10.0 Å². The van der Waals surface area contributed by atoms with Crippen LogP contribution in [0.1, 0.15) is 17.2 Å². The van der Waals surface area contributed by atoms with Crippen molar-refractivity contribution in [3.63, 3.8) is 0 Å². The minimum absolute atomic E-state index is 0.0830. The van der Waals surface area contributed by atoms with Crippen LogP contribution in [0, 0.1) is 0 Å². The van der Waals surface area contributed by atoms with Crippen LogP contribution >= 0.6 is 34.5 Å². The summed E-state index contributed by atoms with van der Waals surface area (Å²) in [4.78, 5) is 32.6. The Hall–Kier alpha value is -3.59. The van der Waals surface area contributed by atoms with E-state index in [-0.39, 0.29) is 16.4 Å². The zero-order valence-corrected chi connectivity index (χ0v) is 21.3. The highest BCUT2D eigenvalue weighted by Crippen LogP contribution is 2.45. The Balaban J connectivity index is 1.71. The summed E-state index contributed by atoms with van der Waals surface area (Å²) in [5, 5.41) is 12.1. The third-order valence-electron chi connectivity index (χ3n) is 5.86. The summed E-state index contributed by atoms with van der Waals surface area (Å²) in [5.74, 6) is -0.751. The Morgan fingerprint density at radius 3 is 2.31 bits per heavy atom. The normalized spacial score (nSPS) is 17.1. The third-order valence-corrected chi connectivity index (χ3v) is 7.61. The number of hydrogen-bond acceptors (Lipinski definition) is 7. The lowest BCUT2D eigenvalue weighted by Crippen LogP contribution is -2.29. The summed E-state index contributed by atoms with van der Waals surface area (Å²) in [6.07, 6.45) is 0. The number of hydrogen-bond donors (Lipinski definition) is 1. The van der Waals surface area contributed by atoms with Crippen LogP contribution < -0.4 is 14.4 Å². The number of methoxy groups -OCH3 is 2. The van der Waals surface area contributed by atoms with Gasteiger partial charge in [0.05, 0.1) is 46.1 Å². The second-order valence-electron chi connectivity index (χ2n) is 7.90. The molecule has 4 aromatic rings. The maximum Gasteiger partial charge on any atom is 0.301 e. The predicted octanol–water partition coefficient (Wildman–Crippen LogP) is 6.25. The topological polar surface area (TPSA) is 89.0 Å². The van der Waals surface area contributed by atoms with Crippen molar-refractivity contribution in [1.82, 2.24) is 4.98 Å². The van der Waals surface area contributed by atoms with Crippen LogP contribution in [0.5, 0.6) is 11.5 Å². The first-order valence-corrected chi connectivity index (χ1v) is 12.2. The van der Waals surface area contributed by atoms with Crippen LogP contribution in [0.3, 0.4) is 0 Å². The average molecular weight is 541 g/mol. The lowest BCUT2D eigenvalue weighted by atomic mass is 9.95. The van der Waals surface area contributed by atoms with Crippen LogP contribution in [0.15, 0.2) is 66.2 Å². The van der Waals surface area contributed by atoms with Crippen molar-refractivity contribution in [2.75, 3.05) is 19.1 Å². The molecule has 0 unspecified atom stereocenters. The van der Waals surface area contributed by atoms with Gasteiger partial charge in [-0.2, -0.15) is 0 Å². The predicted molar refractivity (Wildman–Crippen MR) is 140 cm³/mol. The minimum atomic E-state index is -0.982. The van der Waals surface area contributed by atoms with E-state index in [1.807, 2.05) is 0 Å². The van der Waals surface area contributed by atoms with Gasteiger partial charge in [-0.3, -0.25) is 14.5 Å². The maximum absolute atomic E-state index is 13.4. The summed E-state index contributed by atoms with van der Waals surface area (Å²) < 4.78 is 11.2. The number of aromatic nitrogens is 1. The van der Waals surface area contributed by atoms with E-state index in [0.29, 0.717) is 38.3 Å². The molecule has 1 aromatic heterocycles. The molecule has 0 saturated carbocycles. The van der Waals surface area contributed by atoms with Crippen LogP contribution in [0.4, 0.5) is 5.13 Å². The summed E-state index contributed by atoms with van der Waals surface area (Å²) in [6, 6.07) is 15.7. The molecule has 0 aliphatic carbocycles. The number of halogens is 2. The first kappa shape index (κ1) is 24.1. The van der Waals surface area contributed by atoms with E-state index < -0.39 is 17.7 Å². The molecule has 1 aliphatic rings. The number of rotatable bonds is 5. The molecule has 0 bridgehead atoms. The fraction of sp³-hybridized carbons (Fsp3) is 0.115. The third kappa shape index (κ3) is 4.07. The van der Waals surface area contributed by atoms with Gasteiger partial charge in [-0.15, -0.1) is 0 Å². The number of carbonyl (C=O) groups is 2. The van der Waals surface area contributed by atoms with Gasteiger partial charge >= 0.3 is 5.91 Å². The highest BCUT2D eigenvalue weighted by molar-refractivity contribution is 7.22. The largest absolute Gasteiger partial charge is 0.507 e. The van der Waals surface area contributed by atoms with Crippen LogP contribution in [0.25, 0.3) is 16.0 Å². The van der Waals surface area contributed by atoms with E-state index >= 15 is 0 Å². The van der Waals surface area contributed by atoms with E-state index in [2.05, 4.69) is 4.98 Å². The van der Waals surface area contributed by atoms with Gasteiger partial charge in [0, 0.05) is 5.56 Å². The number of benzene rings is 3. The van der Waals surface area contributed by atoms with Gasteiger partial charge in [-0.05, 0) is 60.2 Å². The van der Waals surface area contributed by atoms with E-state index in [9.17, 15) is 14.7 Å². The van der Waals surface area contributed by atoms with Crippen molar-refractivity contribution in [1.29, 1.82) is 0 Å². The number of thiazole rings is 1. The Morgan fingerprint density at radius 2 is 1.64 bits per heavy atom. The molecule has 5 rings (SSSR count). The fourth-order valence-corrected chi connectivity index (χ4v) is 5.38. The highest BCUT2D eigenvalue weighted by atomic mass is 35.5. The number of ether oxygens (including phenoxy) is 2. The van der Waals surface area contributed by atoms with Gasteiger partial charge < -0.3 is 14.6 Å². The van der Waals surface area contributed by atoms with Gasteiger partial charge in [0.25, 0.3) is 5.78 Å². The number of aliphatic hydroxyl groups excluding tert-OH is 1. The lowest BCUT2D eigenvalue weighted by Gasteiger charge is -2.23. The Bertz CT molecular complexity index is 1550. The molecule has 10 heteroatoms. The summed E-state index contributed by atoms with van der Waals surface area (Å²) in [7, 11) is 3.09. The summed E-state index contributed by atoms with van der Waals surface area (Å²) in [6.45, 7) is 0. The first-order chi connectivity index (χ1) is 17.3. The quantitative estimate of drug-likeness (QED) is 0.183. The molecular weight excluding hydrogens is 523 g/mol. The molecule has 1 atom stereocenters. The Morgan fingerprint density at radius 1 is 0.944 bits per heavy atom. The molecule has 2 heterocycles. The van der Waals surface area contributed by atoms with Gasteiger partial charge in [-0.1, -0.05) is 40.6 Å². The SMILES string of the molecule is COc1ccc(/C(O)=C2\C(=O)C(=O)N(c3nc4ccc(OC)cc4s3)[C@H]2c2ccc(Cl)c(Cl)c2)cc1. The van der Waals surface area contributed by atoms with Crippen LogP contribution in [-0.4, -0.2) is 36.0 Å². The number of anilines is 1. The molecule has 1 amide bonds. The molecule has 1 saturated heterocycles. The van der Waals surface area contributed by atoms with Crippen molar-refractivity contribution < 1.29 is 24.2 Å². The van der Waals surface area contributed by atoms with Gasteiger partial charge in [0.2, 0.25) is 0 Å². The first-order valence-electron chi connectivity index (χ1n) is 10.7. The number of ketones is 1. The van der Waals surface area contributed by atoms with Gasteiger partial charge in [0.1, 0.15) is 17.3 Å². The number of Topliss-reactive ketones (excluding diaryl/α,β-unsaturated/α-hetero) is 1. The van der Waals surface area contributed by atoms with Crippen molar-refractivity contribution in [2.24, 2.45) is 0 Å². The average Bonchev–Trinajstić information content (AvgIpc) is 3.42. The molecule has 36 heavy (non-hydrogen) atoms. The molecule has 182 valence electrons. The molecule has 3 aromatic carbocycles. The van der Waals surface area contributed by atoms with Gasteiger partial charge in [0.15, 0.2) is 5.13 Å². The molecule has 0 spiro atoms. The van der Waals surface area contributed by atoms with Gasteiger partial charge in [-0.25, -0.2) is 4.98 Å².